The summed E-state index contributed by atoms with van der Waals surface area (Å²) >= 11 is 0. The zero-order valence-electron chi connectivity index (χ0n) is 21.3. The topological polar surface area (TPSA) is 146 Å². The van der Waals surface area contributed by atoms with Gasteiger partial charge in [0.2, 0.25) is 5.95 Å². The molecule has 0 radical (unpaired) electrons. The van der Waals surface area contributed by atoms with Crippen LogP contribution in [0.3, 0.4) is 0 Å². The number of esters is 1. The van der Waals surface area contributed by atoms with Crippen molar-refractivity contribution in [1.29, 1.82) is 0 Å². The van der Waals surface area contributed by atoms with Gasteiger partial charge in [-0.25, -0.2) is 14.3 Å². The summed E-state index contributed by atoms with van der Waals surface area (Å²) in [5.74, 6) is 0.868. The fraction of sp³-hybridized carbons (Fsp3) is 0.542. The van der Waals surface area contributed by atoms with Crippen molar-refractivity contribution in [2.75, 3.05) is 30.7 Å². The highest BCUT2D eigenvalue weighted by atomic mass is 16.6. The lowest BCUT2D eigenvalue weighted by molar-refractivity contribution is -0.137. The van der Waals surface area contributed by atoms with E-state index in [0.29, 0.717) is 24.8 Å². The molecule has 0 atom stereocenters. The first kappa shape index (κ1) is 27.6. The summed E-state index contributed by atoms with van der Waals surface area (Å²) in [6.45, 7) is 10.8. The van der Waals surface area contributed by atoms with Gasteiger partial charge in [-0.1, -0.05) is 12.8 Å². The number of carbonyl (C=O) groups is 2. The molecule has 11 nitrogen and oxygen atoms in total. The van der Waals surface area contributed by atoms with E-state index in [4.69, 9.17) is 15.2 Å². The first-order valence-corrected chi connectivity index (χ1v) is 11.8. The number of rotatable bonds is 12. The molecular weight excluding hydrogens is 450 g/mol. The minimum Gasteiger partial charge on any atom is -0.463 e. The van der Waals surface area contributed by atoms with E-state index in [2.05, 4.69) is 25.7 Å². The monoisotopic (exact) mass is 487 g/mol. The Labute approximate surface area is 206 Å². The minimum atomic E-state index is -0.487. The van der Waals surface area contributed by atoms with Gasteiger partial charge in [-0.2, -0.15) is 15.1 Å². The Morgan fingerprint density at radius 1 is 1.14 bits per heavy atom. The van der Waals surface area contributed by atoms with Crippen molar-refractivity contribution in [3.8, 4) is 5.82 Å². The number of hydrogen-bond acceptors (Lipinski definition) is 9. The number of carbonyl (C=O) groups excluding carboxylic acids is 2. The average Bonchev–Trinajstić information content (AvgIpc) is 3.13. The van der Waals surface area contributed by atoms with Crippen LogP contribution >= 0.6 is 0 Å². The van der Waals surface area contributed by atoms with Crippen molar-refractivity contribution in [3.05, 3.63) is 29.6 Å². The number of nitrogens with zero attached hydrogens (tertiary/aromatic N) is 4. The standard InChI is InChI=1S/C24H37N7O4/c1-6-34-21(32)12-11-18-16-28-31(17(18)2)20-15-19(29-22(25)30-20)26-13-9-7-8-10-14-27-23(33)35-24(3,4)5/h11-12,15-16H,6-10,13-14H2,1-5H3,(H,27,33)(H3,25,26,29,30). The Balaban J connectivity index is 1.81. The van der Waals surface area contributed by atoms with E-state index in [1.807, 2.05) is 27.7 Å². The summed E-state index contributed by atoms with van der Waals surface area (Å²) in [7, 11) is 0. The second kappa shape index (κ2) is 13.3. The molecule has 1 amide bonds. The van der Waals surface area contributed by atoms with Crippen LogP contribution in [-0.4, -0.2) is 57.1 Å². The molecule has 2 aromatic rings. The number of alkyl carbamates (subject to hydrolysis) is 1. The maximum Gasteiger partial charge on any atom is 0.407 e. The number of amides is 1. The van der Waals surface area contributed by atoms with Crippen LogP contribution < -0.4 is 16.4 Å². The van der Waals surface area contributed by atoms with Crippen LogP contribution in [0.2, 0.25) is 0 Å². The normalized spacial score (nSPS) is 11.5. The summed E-state index contributed by atoms with van der Waals surface area (Å²) in [5, 5.41) is 10.4. The van der Waals surface area contributed by atoms with Crippen LogP contribution in [0.5, 0.6) is 0 Å². The van der Waals surface area contributed by atoms with Gasteiger partial charge in [0.05, 0.1) is 18.5 Å². The molecule has 11 heteroatoms. The Hall–Kier alpha value is -3.63. The van der Waals surface area contributed by atoms with E-state index in [0.717, 1.165) is 43.5 Å². The summed E-state index contributed by atoms with van der Waals surface area (Å²) in [6.07, 6.45) is 8.11. The summed E-state index contributed by atoms with van der Waals surface area (Å²) in [6, 6.07) is 1.78. The molecule has 2 aromatic heterocycles. The molecule has 0 aromatic carbocycles. The molecule has 2 rings (SSSR count). The van der Waals surface area contributed by atoms with Gasteiger partial charge >= 0.3 is 12.1 Å². The Morgan fingerprint density at radius 3 is 2.54 bits per heavy atom. The van der Waals surface area contributed by atoms with Crippen LogP contribution in [0.1, 0.15) is 64.6 Å². The summed E-state index contributed by atoms with van der Waals surface area (Å²) < 4.78 is 11.8. The molecule has 192 valence electrons. The predicted octanol–water partition coefficient (Wildman–Crippen LogP) is 3.63. The fourth-order valence-corrected chi connectivity index (χ4v) is 3.14. The quantitative estimate of drug-likeness (QED) is 0.232. The highest BCUT2D eigenvalue weighted by Crippen LogP contribution is 2.17. The molecular formula is C24H37N7O4. The highest BCUT2D eigenvalue weighted by Gasteiger charge is 2.15. The SMILES string of the molecule is CCOC(=O)C=Cc1cnn(-c2cc(NCCCCCCNC(=O)OC(C)(C)C)nc(N)n2)c1C. The molecule has 0 bridgehead atoms. The van der Waals surface area contributed by atoms with Crippen LogP contribution in [0, 0.1) is 6.92 Å². The van der Waals surface area contributed by atoms with Gasteiger partial charge in [-0.05, 0) is 53.5 Å². The van der Waals surface area contributed by atoms with Gasteiger partial charge in [0.1, 0.15) is 11.4 Å². The maximum atomic E-state index is 11.6. The van der Waals surface area contributed by atoms with E-state index in [1.54, 1.807) is 29.9 Å². The van der Waals surface area contributed by atoms with Gasteiger partial charge in [0, 0.05) is 30.8 Å². The number of nitrogens with one attached hydrogen (secondary N) is 2. The third-order valence-corrected chi connectivity index (χ3v) is 4.76. The lowest BCUT2D eigenvalue weighted by atomic mass is 10.2. The van der Waals surface area contributed by atoms with Crippen LogP contribution in [0.25, 0.3) is 11.9 Å². The molecule has 0 spiro atoms. The number of aromatic nitrogens is 4. The van der Waals surface area contributed by atoms with Gasteiger partial charge in [0.15, 0.2) is 5.82 Å². The average molecular weight is 488 g/mol. The number of hydrogen-bond donors (Lipinski definition) is 3. The molecule has 35 heavy (non-hydrogen) atoms. The minimum absolute atomic E-state index is 0.136. The molecule has 0 aliphatic rings. The highest BCUT2D eigenvalue weighted by molar-refractivity contribution is 5.87. The number of nitrogens with two attached hydrogens (primary N) is 1. The van der Waals surface area contributed by atoms with Crippen molar-refractivity contribution in [2.24, 2.45) is 0 Å². The van der Waals surface area contributed by atoms with Gasteiger partial charge in [-0.15, -0.1) is 0 Å². The molecule has 2 heterocycles. The molecule has 0 saturated heterocycles. The lowest BCUT2D eigenvalue weighted by Crippen LogP contribution is -2.32. The number of anilines is 2. The van der Waals surface area contributed by atoms with Gasteiger partial charge in [-0.3, -0.25) is 0 Å². The zero-order chi connectivity index (χ0) is 25.8. The van der Waals surface area contributed by atoms with Crippen LogP contribution in [0.15, 0.2) is 18.3 Å². The van der Waals surface area contributed by atoms with E-state index in [9.17, 15) is 9.59 Å². The van der Waals surface area contributed by atoms with Crippen molar-refractivity contribution < 1.29 is 19.1 Å². The van der Waals surface area contributed by atoms with Crippen molar-refractivity contribution in [1.82, 2.24) is 25.1 Å². The van der Waals surface area contributed by atoms with E-state index in [1.165, 1.54) is 6.08 Å². The van der Waals surface area contributed by atoms with Crippen LogP contribution in [-0.2, 0) is 14.3 Å². The van der Waals surface area contributed by atoms with Crippen molar-refractivity contribution in [2.45, 2.75) is 65.9 Å². The third kappa shape index (κ3) is 10.0. The fourth-order valence-electron chi connectivity index (χ4n) is 3.14. The first-order valence-electron chi connectivity index (χ1n) is 11.8. The van der Waals surface area contributed by atoms with Crippen molar-refractivity contribution >= 4 is 29.9 Å². The zero-order valence-corrected chi connectivity index (χ0v) is 21.3. The summed E-state index contributed by atoms with van der Waals surface area (Å²) in [4.78, 5) is 31.7. The third-order valence-electron chi connectivity index (χ3n) is 4.76. The Morgan fingerprint density at radius 2 is 1.86 bits per heavy atom. The molecule has 0 aliphatic heterocycles. The number of unbranched alkanes of at least 4 members (excludes halogenated alkanes) is 3. The van der Waals surface area contributed by atoms with E-state index >= 15 is 0 Å². The molecule has 0 fully saturated rings. The molecule has 0 unspecified atom stereocenters. The first-order chi connectivity index (χ1) is 16.6. The Kier molecular flexibility index (Phi) is 10.5. The summed E-state index contributed by atoms with van der Waals surface area (Å²) in [5.41, 5.74) is 6.99. The largest absolute Gasteiger partial charge is 0.463 e. The number of ether oxygens (including phenoxy) is 2. The predicted molar refractivity (Wildman–Crippen MR) is 135 cm³/mol. The van der Waals surface area contributed by atoms with Crippen LogP contribution in [0.4, 0.5) is 16.6 Å². The lowest BCUT2D eigenvalue weighted by Gasteiger charge is -2.19. The Bertz CT molecular complexity index is 1010. The maximum absolute atomic E-state index is 11.6. The van der Waals surface area contributed by atoms with Gasteiger partial charge in [0.25, 0.3) is 0 Å². The number of nitrogen functional groups attached to an aromatic ring is 1. The molecule has 0 aliphatic carbocycles. The van der Waals surface area contributed by atoms with E-state index < -0.39 is 11.6 Å². The van der Waals surface area contributed by atoms with Gasteiger partial charge < -0.3 is 25.8 Å². The molecule has 4 N–H and O–H groups in total. The second-order valence-electron chi connectivity index (χ2n) is 8.92. The smallest absolute Gasteiger partial charge is 0.407 e. The molecule has 0 saturated carbocycles. The van der Waals surface area contributed by atoms with E-state index in [-0.39, 0.29) is 12.0 Å². The van der Waals surface area contributed by atoms with Crippen molar-refractivity contribution in [3.63, 3.8) is 0 Å². The second-order valence-corrected chi connectivity index (χ2v) is 8.92.